The van der Waals surface area contributed by atoms with Crippen LogP contribution in [-0.4, -0.2) is 19.0 Å². The number of hydrogen-bond donors (Lipinski definition) is 2. The third kappa shape index (κ3) is 2.33. The molecule has 0 spiro atoms. The molecule has 86 valence electrons. The topological polar surface area (TPSA) is 55.1 Å². The molecular weight excluding hydrogens is 188 g/mol. The Morgan fingerprint density at radius 1 is 1.47 bits per heavy atom. The molecule has 0 heterocycles. The van der Waals surface area contributed by atoms with Gasteiger partial charge in [-0.25, -0.2) is 0 Å². The van der Waals surface area contributed by atoms with Gasteiger partial charge in [-0.3, -0.25) is 4.79 Å². The highest BCUT2D eigenvalue weighted by molar-refractivity contribution is 5.83. The van der Waals surface area contributed by atoms with Gasteiger partial charge in [-0.05, 0) is 31.1 Å². The number of amides is 1. The maximum Gasteiger partial charge on any atom is 0.227 e. The van der Waals surface area contributed by atoms with Gasteiger partial charge in [0.05, 0.1) is 5.41 Å². The minimum absolute atomic E-state index is 0.198. The normalized spacial score (nSPS) is 34.7. The van der Waals surface area contributed by atoms with E-state index in [0.717, 1.165) is 31.7 Å². The predicted molar refractivity (Wildman–Crippen MR) is 60.2 cm³/mol. The van der Waals surface area contributed by atoms with Crippen LogP contribution in [0.4, 0.5) is 0 Å². The van der Waals surface area contributed by atoms with Crippen molar-refractivity contribution >= 4 is 5.91 Å². The molecule has 0 aromatic rings. The molecule has 3 N–H and O–H groups in total. The van der Waals surface area contributed by atoms with Gasteiger partial charge in [0, 0.05) is 13.1 Å². The standard InChI is InChI=1S/C12H22N2O/c1-9-6-12(7-9,8-13)11(15)14-5-4-10-2-3-10/h9-10H,2-8,13H2,1H3,(H,14,15). The van der Waals surface area contributed by atoms with Crippen LogP contribution in [0.1, 0.15) is 39.0 Å². The fourth-order valence-electron chi connectivity index (χ4n) is 2.70. The van der Waals surface area contributed by atoms with Crippen LogP contribution in [0, 0.1) is 17.3 Å². The Labute approximate surface area is 91.8 Å². The average Bonchev–Trinajstić information content (AvgIpc) is 2.96. The first kappa shape index (κ1) is 10.9. The summed E-state index contributed by atoms with van der Waals surface area (Å²) in [5.41, 5.74) is 5.50. The zero-order chi connectivity index (χ0) is 10.9. The largest absolute Gasteiger partial charge is 0.356 e. The minimum Gasteiger partial charge on any atom is -0.356 e. The van der Waals surface area contributed by atoms with Gasteiger partial charge >= 0.3 is 0 Å². The fraction of sp³-hybridized carbons (Fsp3) is 0.917. The molecule has 0 aromatic carbocycles. The molecule has 0 atom stereocenters. The Bertz CT molecular complexity index is 242. The van der Waals surface area contributed by atoms with Gasteiger partial charge in [-0.15, -0.1) is 0 Å². The highest BCUT2D eigenvalue weighted by Crippen LogP contribution is 2.44. The molecule has 0 aliphatic heterocycles. The van der Waals surface area contributed by atoms with Crippen molar-refractivity contribution in [2.75, 3.05) is 13.1 Å². The Morgan fingerprint density at radius 2 is 2.13 bits per heavy atom. The van der Waals surface area contributed by atoms with Crippen molar-refractivity contribution in [1.82, 2.24) is 5.32 Å². The van der Waals surface area contributed by atoms with Gasteiger partial charge in [-0.1, -0.05) is 19.8 Å². The molecule has 2 saturated carbocycles. The summed E-state index contributed by atoms with van der Waals surface area (Å²) in [7, 11) is 0. The maximum atomic E-state index is 11.9. The quantitative estimate of drug-likeness (QED) is 0.718. The first-order valence-corrected chi connectivity index (χ1v) is 6.15. The van der Waals surface area contributed by atoms with Gasteiger partial charge in [0.1, 0.15) is 0 Å². The van der Waals surface area contributed by atoms with Gasteiger partial charge in [0.15, 0.2) is 0 Å². The van der Waals surface area contributed by atoms with Crippen LogP contribution in [0.3, 0.4) is 0 Å². The van der Waals surface area contributed by atoms with E-state index in [-0.39, 0.29) is 11.3 Å². The molecule has 15 heavy (non-hydrogen) atoms. The molecule has 1 amide bonds. The summed E-state index contributed by atoms with van der Waals surface area (Å²) >= 11 is 0. The van der Waals surface area contributed by atoms with Crippen LogP contribution in [0.5, 0.6) is 0 Å². The van der Waals surface area contributed by atoms with E-state index in [1.54, 1.807) is 0 Å². The summed E-state index contributed by atoms with van der Waals surface area (Å²) < 4.78 is 0. The van der Waals surface area contributed by atoms with E-state index in [0.29, 0.717) is 12.5 Å². The Kier molecular flexibility index (Phi) is 3.01. The molecule has 2 aliphatic carbocycles. The molecule has 0 bridgehead atoms. The van der Waals surface area contributed by atoms with Crippen LogP contribution < -0.4 is 11.1 Å². The van der Waals surface area contributed by atoms with Gasteiger partial charge in [0.25, 0.3) is 0 Å². The molecule has 0 radical (unpaired) electrons. The molecule has 3 nitrogen and oxygen atoms in total. The van der Waals surface area contributed by atoms with Crippen LogP contribution in [-0.2, 0) is 4.79 Å². The van der Waals surface area contributed by atoms with Gasteiger partial charge in [-0.2, -0.15) is 0 Å². The summed E-state index contributed by atoms with van der Waals surface area (Å²) in [5.74, 6) is 1.76. The van der Waals surface area contributed by atoms with Gasteiger partial charge in [0.2, 0.25) is 5.91 Å². The summed E-state index contributed by atoms with van der Waals surface area (Å²) in [6, 6.07) is 0. The summed E-state index contributed by atoms with van der Waals surface area (Å²) in [4.78, 5) is 11.9. The highest BCUT2D eigenvalue weighted by Gasteiger charge is 2.46. The van der Waals surface area contributed by atoms with E-state index >= 15 is 0 Å². The van der Waals surface area contributed by atoms with Crippen molar-refractivity contribution in [1.29, 1.82) is 0 Å². The predicted octanol–water partition coefficient (Wildman–Crippen LogP) is 1.28. The second kappa shape index (κ2) is 4.12. The zero-order valence-electron chi connectivity index (χ0n) is 9.59. The smallest absolute Gasteiger partial charge is 0.227 e. The monoisotopic (exact) mass is 210 g/mol. The summed E-state index contributed by atoms with van der Waals surface area (Å²) in [6.07, 6.45) is 5.81. The third-order valence-corrected chi connectivity index (χ3v) is 3.89. The molecule has 2 aliphatic rings. The van der Waals surface area contributed by atoms with Crippen molar-refractivity contribution < 1.29 is 4.79 Å². The Hall–Kier alpha value is -0.570. The maximum absolute atomic E-state index is 11.9. The van der Waals surface area contributed by atoms with E-state index < -0.39 is 0 Å². The number of nitrogens with one attached hydrogen (secondary N) is 1. The number of carbonyl (C=O) groups is 1. The number of carbonyl (C=O) groups excluding carboxylic acids is 1. The molecule has 3 heteroatoms. The first-order valence-electron chi connectivity index (χ1n) is 6.15. The van der Waals surface area contributed by atoms with Crippen LogP contribution in [0.15, 0.2) is 0 Å². The molecule has 0 aromatic heterocycles. The lowest BCUT2D eigenvalue weighted by atomic mass is 9.62. The van der Waals surface area contributed by atoms with Crippen molar-refractivity contribution in [3.8, 4) is 0 Å². The Balaban J connectivity index is 1.73. The van der Waals surface area contributed by atoms with Gasteiger partial charge < -0.3 is 11.1 Å². The lowest BCUT2D eigenvalue weighted by molar-refractivity contribution is -0.138. The molecule has 0 unspecified atom stereocenters. The third-order valence-electron chi connectivity index (χ3n) is 3.89. The Morgan fingerprint density at radius 3 is 2.60 bits per heavy atom. The van der Waals surface area contributed by atoms with Crippen molar-refractivity contribution in [3.05, 3.63) is 0 Å². The van der Waals surface area contributed by atoms with E-state index in [1.807, 2.05) is 0 Å². The van der Waals surface area contributed by atoms with E-state index in [1.165, 1.54) is 12.8 Å². The zero-order valence-corrected chi connectivity index (χ0v) is 9.59. The van der Waals surface area contributed by atoms with Crippen LogP contribution in [0.2, 0.25) is 0 Å². The number of nitrogens with two attached hydrogens (primary N) is 1. The van der Waals surface area contributed by atoms with E-state index in [4.69, 9.17) is 5.73 Å². The lowest BCUT2D eigenvalue weighted by Crippen LogP contribution is -2.53. The fourth-order valence-corrected chi connectivity index (χ4v) is 2.70. The SMILES string of the molecule is CC1CC(CN)(C(=O)NCCC2CC2)C1. The molecule has 2 fully saturated rings. The summed E-state index contributed by atoms with van der Waals surface area (Å²) in [6.45, 7) is 3.54. The van der Waals surface area contributed by atoms with Crippen molar-refractivity contribution in [2.24, 2.45) is 23.0 Å². The number of hydrogen-bond acceptors (Lipinski definition) is 2. The molecular formula is C12H22N2O. The van der Waals surface area contributed by atoms with E-state index in [2.05, 4.69) is 12.2 Å². The second-order valence-corrected chi connectivity index (χ2v) is 5.49. The summed E-state index contributed by atoms with van der Waals surface area (Å²) in [5, 5.41) is 3.05. The lowest BCUT2D eigenvalue weighted by Gasteiger charge is -2.44. The molecule has 2 rings (SSSR count). The molecule has 0 saturated heterocycles. The number of rotatable bonds is 5. The average molecular weight is 210 g/mol. The van der Waals surface area contributed by atoms with Crippen LogP contribution in [0.25, 0.3) is 0 Å². The van der Waals surface area contributed by atoms with Crippen molar-refractivity contribution in [3.63, 3.8) is 0 Å². The minimum atomic E-state index is -0.219. The highest BCUT2D eigenvalue weighted by atomic mass is 16.2. The van der Waals surface area contributed by atoms with Crippen LogP contribution >= 0.6 is 0 Å². The first-order chi connectivity index (χ1) is 7.16. The van der Waals surface area contributed by atoms with E-state index in [9.17, 15) is 4.79 Å². The van der Waals surface area contributed by atoms with Crippen molar-refractivity contribution in [2.45, 2.75) is 39.0 Å². The second-order valence-electron chi connectivity index (χ2n) is 5.49.